The van der Waals surface area contributed by atoms with Crippen LogP contribution in [0.1, 0.15) is 23.1 Å². The smallest absolute Gasteiger partial charge is 0.253 e. The molecule has 0 aliphatic carbocycles. The molecule has 0 atom stereocenters. The zero-order valence-electron chi connectivity index (χ0n) is 12.5. The highest BCUT2D eigenvalue weighted by Gasteiger charge is 2.23. The number of carbonyl (C=O) groups excluding carboxylic acids is 1. The maximum absolute atomic E-state index is 12.4. The molecule has 1 amide bonds. The molecule has 1 fully saturated rings. The van der Waals surface area contributed by atoms with Crippen molar-refractivity contribution in [3.05, 3.63) is 35.7 Å². The first kappa shape index (κ1) is 14.8. The molecule has 3 rings (SSSR count). The van der Waals surface area contributed by atoms with Crippen molar-refractivity contribution < 1.29 is 4.79 Å². The molecule has 6 nitrogen and oxygen atoms in total. The second-order valence-corrected chi connectivity index (χ2v) is 5.98. The SMILES string of the molecule is CCc1nsc(N2CCN(C(=O)c3ccc(N)cc3)CC2)n1. The minimum atomic E-state index is 0.0613. The Bertz CT molecular complexity index is 646. The van der Waals surface area contributed by atoms with Crippen molar-refractivity contribution >= 4 is 28.3 Å². The molecule has 2 aromatic rings. The number of carbonyl (C=O) groups is 1. The molecular formula is C15H19N5OS. The van der Waals surface area contributed by atoms with Crippen molar-refractivity contribution in [2.45, 2.75) is 13.3 Å². The number of amides is 1. The summed E-state index contributed by atoms with van der Waals surface area (Å²) in [6.45, 7) is 5.03. The zero-order chi connectivity index (χ0) is 15.5. The predicted molar refractivity (Wildman–Crippen MR) is 88.3 cm³/mol. The Morgan fingerprint density at radius 3 is 2.50 bits per heavy atom. The van der Waals surface area contributed by atoms with Gasteiger partial charge in [-0.3, -0.25) is 4.79 Å². The summed E-state index contributed by atoms with van der Waals surface area (Å²) in [6, 6.07) is 7.08. The van der Waals surface area contributed by atoms with Gasteiger partial charge in [-0.2, -0.15) is 4.37 Å². The van der Waals surface area contributed by atoms with Crippen LogP contribution >= 0.6 is 11.5 Å². The van der Waals surface area contributed by atoms with E-state index in [1.165, 1.54) is 11.5 Å². The van der Waals surface area contributed by atoms with E-state index in [1.807, 2.05) is 4.90 Å². The van der Waals surface area contributed by atoms with Gasteiger partial charge >= 0.3 is 0 Å². The van der Waals surface area contributed by atoms with Gasteiger partial charge in [-0.25, -0.2) is 4.98 Å². The first-order valence-electron chi connectivity index (χ1n) is 7.39. The maximum Gasteiger partial charge on any atom is 0.253 e. The van der Waals surface area contributed by atoms with E-state index in [1.54, 1.807) is 24.3 Å². The second-order valence-electron chi connectivity index (χ2n) is 5.25. The molecule has 2 heterocycles. The van der Waals surface area contributed by atoms with Crippen molar-refractivity contribution in [3.63, 3.8) is 0 Å². The Morgan fingerprint density at radius 1 is 1.23 bits per heavy atom. The molecule has 0 radical (unpaired) electrons. The molecule has 1 aliphatic rings. The standard InChI is InChI=1S/C15H19N5OS/c1-2-13-17-15(22-18-13)20-9-7-19(8-10-20)14(21)11-3-5-12(16)6-4-11/h3-6H,2,7-10,16H2,1H3. The minimum absolute atomic E-state index is 0.0613. The fourth-order valence-electron chi connectivity index (χ4n) is 2.43. The third kappa shape index (κ3) is 3.04. The van der Waals surface area contributed by atoms with Gasteiger partial charge in [0.2, 0.25) is 5.13 Å². The van der Waals surface area contributed by atoms with Crippen molar-refractivity contribution in [3.8, 4) is 0 Å². The maximum atomic E-state index is 12.4. The molecule has 0 saturated carbocycles. The van der Waals surface area contributed by atoms with Crippen molar-refractivity contribution in [1.82, 2.24) is 14.3 Å². The normalized spacial score (nSPS) is 15.1. The number of hydrogen-bond donors (Lipinski definition) is 1. The fourth-order valence-corrected chi connectivity index (χ4v) is 3.23. The summed E-state index contributed by atoms with van der Waals surface area (Å²) < 4.78 is 4.32. The highest BCUT2D eigenvalue weighted by atomic mass is 32.1. The van der Waals surface area contributed by atoms with Gasteiger partial charge in [-0.15, -0.1) is 0 Å². The second kappa shape index (κ2) is 6.31. The number of anilines is 2. The van der Waals surface area contributed by atoms with Crippen LogP contribution in [0.3, 0.4) is 0 Å². The summed E-state index contributed by atoms with van der Waals surface area (Å²) in [7, 11) is 0. The quantitative estimate of drug-likeness (QED) is 0.871. The number of nitrogens with zero attached hydrogens (tertiary/aromatic N) is 4. The van der Waals surface area contributed by atoms with E-state index >= 15 is 0 Å². The lowest BCUT2D eigenvalue weighted by Crippen LogP contribution is -2.48. The van der Waals surface area contributed by atoms with Crippen LogP contribution < -0.4 is 10.6 Å². The Hall–Kier alpha value is -2.15. The first-order chi connectivity index (χ1) is 10.7. The van der Waals surface area contributed by atoms with E-state index in [0.29, 0.717) is 24.3 Å². The number of aryl methyl sites for hydroxylation is 1. The van der Waals surface area contributed by atoms with Crippen molar-refractivity contribution in [2.24, 2.45) is 0 Å². The molecule has 1 aliphatic heterocycles. The van der Waals surface area contributed by atoms with E-state index in [0.717, 1.165) is 30.5 Å². The summed E-state index contributed by atoms with van der Waals surface area (Å²) in [6.07, 6.45) is 0.853. The average molecular weight is 317 g/mol. The summed E-state index contributed by atoms with van der Waals surface area (Å²) in [4.78, 5) is 21.0. The minimum Gasteiger partial charge on any atom is -0.399 e. The lowest BCUT2D eigenvalue weighted by molar-refractivity contribution is 0.0747. The van der Waals surface area contributed by atoms with Crippen LogP contribution in [-0.2, 0) is 6.42 Å². The molecule has 1 aromatic heterocycles. The number of rotatable bonds is 3. The molecule has 7 heteroatoms. The lowest BCUT2D eigenvalue weighted by Gasteiger charge is -2.34. The van der Waals surface area contributed by atoms with Crippen LogP contribution in [0.5, 0.6) is 0 Å². The number of aromatic nitrogens is 2. The van der Waals surface area contributed by atoms with Crippen LogP contribution in [0.25, 0.3) is 0 Å². The van der Waals surface area contributed by atoms with Gasteiger partial charge in [-0.1, -0.05) is 6.92 Å². The third-order valence-electron chi connectivity index (χ3n) is 3.77. The van der Waals surface area contributed by atoms with Gasteiger partial charge in [0, 0.05) is 55.4 Å². The first-order valence-corrected chi connectivity index (χ1v) is 8.17. The molecule has 0 spiro atoms. The summed E-state index contributed by atoms with van der Waals surface area (Å²) in [5.74, 6) is 0.951. The predicted octanol–water partition coefficient (Wildman–Crippen LogP) is 1.65. The summed E-state index contributed by atoms with van der Waals surface area (Å²) in [5.41, 5.74) is 7.02. The van der Waals surface area contributed by atoms with E-state index < -0.39 is 0 Å². The zero-order valence-corrected chi connectivity index (χ0v) is 13.3. The molecule has 2 N–H and O–H groups in total. The Labute approximate surface area is 133 Å². The molecule has 22 heavy (non-hydrogen) atoms. The number of piperazine rings is 1. The van der Waals surface area contributed by atoms with E-state index in [9.17, 15) is 4.79 Å². The van der Waals surface area contributed by atoms with E-state index in [2.05, 4.69) is 21.2 Å². The molecule has 116 valence electrons. The molecular weight excluding hydrogens is 298 g/mol. The fraction of sp³-hybridized carbons (Fsp3) is 0.400. The molecule has 1 aromatic carbocycles. The third-order valence-corrected chi connectivity index (χ3v) is 4.58. The van der Waals surface area contributed by atoms with Crippen LogP contribution in [0.15, 0.2) is 24.3 Å². The Kier molecular flexibility index (Phi) is 4.24. The number of nitrogens with two attached hydrogens (primary N) is 1. The number of benzene rings is 1. The van der Waals surface area contributed by atoms with Gasteiger partial charge in [0.15, 0.2) is 0 Å². The highest BCUT2D eigenvalue weighted by Crippen LogP contribution is 2.20. The monoisotopic (exact) mass is 317 g/mol. The van der Waals surface area contributed by atoms with Crippen LogP contribution in [0.4, 0.5) is 10.8 Å². The average Bonchev–Trinajstić information content (AvgIpc) is 3.04. The van der Waals surface area contributed by atoms with Gasteiger partial charge in [0.1, 0.15) is 5.82 Å². The van der Waals surface area contributed by atoms with Gasteiger partial charge in [0.25, 0.3) is 5.91 Å². The van der Waals surface area contributed by atoms with Gasteiger partial charge < -0.3 is 15.5 Å². The molecule has 0 unspecified atom stereocenters. The molecule has 1 saturated heterocycles. The molecule has 0 bridgehead atoms. The van der Waals surface area contributed by atoms with Crippen LogP contribution in [0, 0.1) is 0 Å². The number of nitrogen functional groups attached to an aromatic ring is 1. The van der Waals surface area contributed by atoms with Crippen molar-refractivity contribution in [2.75, 3.05) is 36.8 Å². The van der Waals surface area contributed by atoms with Gasteiger partial charge in [-0.05, 0) is 24.3 Å². The van der Waals surface area contributed by atoms with Crippen molar-refractivity contribution in [1.29, 1.82) is 0 Å². The Morgan fingerprint density at radius 2 is 1.91 bits per heavy atom. The van der Waals surface area contributed by atoms with E-state index in [-0.39, 0.29) is 5.91 Å². The van der Waals surface area contributed by atoms with Gasteiger partial charge in [0.05, 0.1) is 0 Å². The summed E-state index contributed by atoms with van der Waals surface area (Å²) in [5, 5.41) is 0.955. The van der Waals surface area contributed by atoms with E-state index in [4.69, 9.17) is 5.73 Å². The highest BCUT2D eigenvalue weighted by molar-refractivity contribution is 7.09. The van der Waals surface area contributed by atoms with Crippen LogP contribution in [-0.4, -0.2) is 46.3 Å². The topological polar surface area (TPSA) is 75.4 Å². The Balaban J connectivity index is 1.61. The van der Waals surface area contributed by atoms with Crippen LogP contribution in [0.2, 0.25) is 0 Å². The number of hydrogen-bond acceptors (Lipinski definition) is 6. The lowest BCUT2D eigenvalue weighted by atomic mass is 10.1. The largest absolute Gasteiger partial charge is 0.399 e. The summed E-state index contributed by atoms with van der Waals surface area (Å²) >= 11 is 1.44.